The minimum atomic E-state index is 0.238. The topological polar surface area (TPSA) is 67.1 Å². The van der Waals surface area contributed by atoms with Crippen molar-refractivity contribution < 1.29 is 0 Å². The number of hydrazine groups is 1. The first-order valence-corrected chi connectivity index (χ1v) is 7.10. The highest BCUT2D eigenvalue weighted by molar-refractivity contribution is 5.68. The van der Waals surface area contributed by atoms with Crippen LogP contribution >= 0.6 is 0 Å². The molecule has 0 atom stereocenters. The number of anilines is 3. The summed E-state index contributed by atoms with van der Waals surface area (Å²) in [5.41, 5.74) is 5.93. The second-order valence-corrected chi connectivity index (χ2v) is 5.52. The van der Waals surface area contributed by atoms with Crippen LogP contribution in [0.15, 0.2) is 24.3 Å². The zero-order valence-corrected chi connectivity index (χ0v) is 13.3. The average molecular weight is 285 g/mol. The Morgan fingerprint density at radius 2 is 1.81 bits per heavy atom. The number of aryl methyl sites for hydroxylation is 1. The van der Waals surface area contributed by atoms with Crippen molar-refractivity contribution in [1.82, 2.24) is 9.97 Å². The van der Waals surface area contributed by atoms with Gasteiger partial charge in [-0.25, -0.2) is 15.8 Å². The fraction of sp³-hybridized carbons (Fsp3) is 0.375. The fourth-order valence-corrected chi connectivity index (χ4v) is 2.30. The molecule has 2 aromatic rings. The second-order valence-electron chi connectivity index (χ2n) is 5.52. The van der Waals surface area contributed by atoms with Gasteiger partial charge in [0.1, 0.15) is 17.5 Å². The van der Waals surface area contributed by atoms with Gasteiger partial charge in [0.05, 0.1) is 0 Å². The maximum absolute atomic E-state index is 5.60. The standard InChI is InChI=1S/C16H23N5/c1-10(2)14-18-15(20-17)12(4)16(19-14)21(5)13-9-7-6-8-11(13)3/h6-10H,17H2,1-5H3,(H,18,19,20). The van der Waals surface area contributed by atoms with E-state index in [2.05, 4.69) is 48.2 Å². The molecule has 0 bridgehead atoms. The SMILES string of the molecule is Cc1ccccc1N(C)c1nc(C(C)C)nc(NN)c1C. The summed E-state index contributed by atoms with van der Waals surface area (Å²) in [5.74, 6) is 8.16. The molecule has 5 heteroatoms. The highest BCUT2D eigenvalue weighted by atomic mass is 15.3. The molecule has 0 aliphatic heterocycles. The van der Waals surface area contributed by atoms with E-state index in [9.17, 15) is 0 Å². The number of hydrogen-bond acceptors (Lipinski definition) is 5. The first-order chi connectivity index (χ1) is 9.95. The summed E-state index contributed by atoms with van der Waals surface area (Å²) in [6.07, 6.45) is 0. The van der Waals surface area contributed by atoms with E-state index in [1.54, 1.807) is 0 Å². The van der Waals surface area contributed by atoms with Crippen molar-refractivity contribution in [1.29, 1.82) is 0 Å². The Labute approximate surface area is 126 Å². The zero-order chi connectivity index (χ0) is 15.6. The summed E-state index contributed by atoms with van der Waals surface area (Å²) in [5, 5.41) is 0. The molecule has 112 valence electrons. The molecule has 1 heterocycles. The van der Waals surface area contributed by atoms with E-state index in [0.29, 0.717) is 5.82 Å². The third-order valence-electron chi connectivity index (χ3n) is 3.59. The van der Waals surface area contributed by atoms with Crippen LogP contribution in [0, 0.1) is 13.8 Å². The molecule has 1 aromatic carbocycles. The van der Waals surface area contributed by atoms with Gasteiger partial charge in [0, 0.05) is 24.2 Å². The van der Waals surface area contributed by atoms with Gasteiger partial charge < -0.3 is 10.3 Å². The van der Waals surface area contributed by atoms with Crippen molar-refractivity contribution in [2.75, 3.05) is 17.4 Å². The zero-order valence-electron chi connectivity index (χ0n) is 13.3. The average Bonchev–Trinajstić information content (AvgIpc) is 2.47. The Kier molecular flexibility index (Phi) is 4.43. The van der Waals surface area contributed by atoms with Crippen LogP contribution in [-0.2, 0) is 0 Å². The van der Waals surface area contributed by atoms with Crippen molar-refractivity contribution in [3.63, 3.8) is 0 Å². The van der Waals surface area contributed by atoms with Crippen molar-refractivity contribution >= 4 is 17.3 Å². The number of nitrogens with two attached hydrogens (primary N) is 1. The Morgan fingerprint density at radius 3 is 2.38 bits per heavy atom. The summed E-state index contributed by atoms with van der Waals surface area (Å²) < 4.78 is 0. The summed E-state index contributed by atoms with van der Waals surface area (Å²) in [6.45, 7) is 8.21. The van der Waals surface area contributed by atoms with Gasteiger partial charge in [-0.2, -0.15) is 0 Å². The largest absolute Gasteiger partial charge is 0.329 e. The van der Waals surface area contributed by atoms with Crippen LogP contribution in [0.3, 0.4) is 0 Å². The van der Waals surface area contributed by atoms with Crippen molar-refractivity contribution in [3.05, 3.63) is 41.2 Å². The molecular weight excluding hydrogens is 262 g/mol. The predicted octanol–water partition coefficient (Wildman–Crippen LogP) is 3.27. The lowest BCUT2D eigenvalue weighted by atomic mass is 10.1. The van der Waals surface area contributed by atoms with Crippen LogP contribution in [0.2, 0.25) is 0 Å². The van der Waals surface area contributed by atoms with Crippen LogP contribution in [0.25, 0.3) is 0 Å². The lowest BCUT2D eigenvalue weighted by molar-refractivity contribution is 0.770. The molecule has 0 aliphatic carbocycles. The van der Waals surface area contributed by atoms with Crippen LogP contribution < -0.4 is 16.2 Å². The van der Waals surface area contributed by atoms with Gasteiger partial charge in [-0.1, -0.05) is 32.0 Å². The summed E-state index contributed by atoms with van der Waals surface area (Å²) >= 11 is 0. The third-order valence-corrected chi connectivity index (χ3v) is 3.59. The van der Waals surface area contributed by atoms with E-state index in [1.165, 1.54) is 5.56 Å². The molecule has 2 rings (SSSR count). The quantitative estimate of drug-likeness (QED) is 0.666. The maximum atomic E-state index is 5.60. The molecule has 21 heavy (non-hydrogen) atoms. The lowest BCUT2D eigenvalue weighted by Crippen LogP contribution is -2.19. The predicted molar refractivity (Wildman–Crippen MR) is 87.9 cm³/mol. The summed E-state index contributed by atoms with van der Waals surface area (Å²) in [7, 11) is 2.02. The highest BCUT2D eigenvalue weighted by Crippen LogP contribution is 2.31. The molecule has 5 nitrogen and oxygen atoms in total. The molecular formula is C16H23N5. The number of rotatable bonds is 4. The lowest BCUT2D eigenvalue weighted by Gasteiger charge is -2.24. The highest BCUT2D eigenvalue weighted by Gasteiger charge is 2.17. The summed E-state index contributed by atoms with van der Waals surface area (Å²) in [4.78, 5) is 11.3. The van der Waals surface area contributed by atoms with E-state index >= 15 is 0 Å². The molecule has 0 aliphatic rings. The molecule has 1 aromatic heterocycles. The first-order valence-electron chi connectivity index (χ1n) is 7.10. The Hall–Kier alpha value is -2.14. The number of aromatic nitrogens is 2. The van der Waals surface area contributed by atoms with E-state index in [0.717, 1.165) is 22.9 Å². The number of nitrogens with zero attached hydrogens (tertiary/aromatic N) is 3. The monoisotopic (exact) mass is 285 g/mol. The normalized spacial score (nSPS) is 10.8. The molecule has 0 spiro atoms. The van der Waals surface area contributed by atoms with Crippen molar-refractivity contribution in [2.24, 2.45) is 5.84 Å². The van der Waals surface area contributed by atoms with Crippen LogP contribution in [0.1, 0.15) is 36.7 Å². The number of hydrogen-bond donors (Lipinski definition) is 2. The van der Waals surface area contributed by atoms with Crippen LogP contribution in [-0.4, -0.2) is 17.0 Å². The van der Waals surface area contributed by atoms with Crippen LogP contribution in [0.4, 0.5) is 17.3 Å². The van der Waals surface area contributed by atoms with E-state index in [1.807, 2.05) is 26.1 Å². The van der Waals surface area contributed by atoms with E-state index < -0.39 is 0 Å². The molecule has 0 radical (unpaired) electrons. The van der Waals surface area contributed by atoms with Gasteiger partial charge in [0.15, 0.2) is 0 Å². The number of nitrogens with one attached hydrogen (secondary N) is 1. The van der Waals surface area contributed by atoms with Gasteiger partial charge in [0.2, 0.25) is 0 Å². The Balaban J connectivity index is 2.57. The smallest absolute Gasteiger partial charge is 0.148 e. The molecule has 3 N–H and O–H groups in total. The molecule has 0 amide bonds. The Morgan fingerprint density at radius 1 is 1.14 bits per heavy atom. The third kappa shape index (κ3) is 2.97. The molecule has 0 unspecified atom stereocenters. The number of para-hydroxylation sites is 1. The molecule has 0 saturated carbocycles. The molecule has 0 saturated heterocycles. The minimum absolute atomic E-state index is 0.238. The fourth-order valence-electron chi connectivity index (χ4n) is 2.30. The van der Waals surface area contributed by atoms with E-state index in [4.69, 9.17) is 10.8 Å². The second kappa shape index (κ2) is 6.10. The van der Waals surface area contributed by atoms with E-state index in [-0.39, 0.29) is 5.92 Å². The Bertz CT molecular complexity index is 637. The number of benzene rings is 1. The van der Waals surface area contributed by atoms with Crippen LogP contribution in [0.5, 0.6) is 0 Å². The first kappa shape index (κ1) is 15.3. The minimum Gasteiger partial charge on any atom is -0.329 e. The van der Waals surface area contributed by atoms with Gasteiger partial charge in [-0.3, -0.25) is 0 Å². The molecule has 0 fully saturated rings. The number of nitrogen functional groups attached to an aromatic ring is 1. The van der Waals surface area contributed by atoms with Gasteiger partial charge in [0.25, 0.3) is 0 Å². The van der Waals surface area contributed by atoms with Gasteiger partial charge in [-0.05, 0) is 25.5 Å². The van der Waals surface area contributed by atoms with Crippen molar-refractivity contribution in [3.8, 4) is 0 Å². The van der Waals surface area contributed by atoms with Gasteiger partial charge in [-0.15, -0.1) is 0 Å². The maximum Gasteiger partial charge on any atom is 0.148 e. The van der Waals surface area contributed by atoms with Crippen molar-refractivity contribution in [2.45, 2.75) is 33.6 Å². The summed E-state index contributed by atoms with van der Waals surface area (Å²) in [6, 6.07) is 8.24. The van der Waals surface area contributed by atoms with Gasteiger partial charge >= 0.3 is 0 Å².